The smallest absolute Gasteiger partial charge is 0.256 e. The molecule has 1 aromatic carbocycles. The van der Waals surface area contributed by atoms with Crippen LogP contribution in [-0.2, 0) is 6.61 Å². The highest BCUT2D eigenvalue weighted by Gasteiger charge is 2.12. The maximum atomic E-state index is 12.4. The number of aliphatic hydroxyl groups is 1. The lowest BCUT2D eigenvalue weighted by atomic mass is 10.1. The van der Waals surface area contributed by atoms with E-state index in [1.54, 1.807) is 10.6 Å². The van der Waals surface area contributed by atoms with E-state index >= 15 is 0 Å². The summed E-state index contributed by atoms with van der Waals surface area (Å²) in [6.45, 7) is 7.65. The minimum Gasteiger partial charge on any atom is -0.491 e. The molecule has 0 bridgehead atoms. The molecule has 0 radical (unpaired) electrons. The highest BCUT2D eigenvalue weighted by atomic mass is 16.5. The van der Waals surface area contributed by atoms with Crippen molar-refractivity contribution < 1.29 is 9.84 Å². The van der Waals surface area contributed by atoms with Crippen molar-refractivity contribution >= 4 is 0 Å². The topological polar surface area (TPSA) is 51.5 Å². The number of rotatable bonds is 5. The summed E-state index contributed by atoms with van der Waals surface area (Å²) in [7, 11) is 0. The van der Waals surface area contributed by atoms with Crippen LogP contribution in [0, 0.1) is 0 Å². The third-order valence-electron chi connectivity index (χ3n) is 3.40. The number of aromatic nitrogens is 1. The van der Waals surface area contributed by atoms with Crippen molar-refractivity contribution in [3.05, 3.63) is 52.3 Å². The fourth-order valence-electron chi connectivity index (χ4n) is 2.44. The van der Waals surface area contributed by atoms with E-state index < -0.39 is 0 Å². The Morgan fingerprint density at radius 3 is 2.18 bits per heavy atom. The van der Waals surface area contributed by atoms with Crippen LogP contribution in [0.4, 0.5) is 0 Å². The van der Waals surface area contributed by atoms with E-state index in [4.69, 9.17) is 4.74 Å². The van der Waals surface area contributed by atoms with Crippen LogP contribution >= 0.6 is 0 Å². The van der Waals surface area contributed by atoms with E-state index in [1.807, 2.05) is 58.0 Å². The van der Waals surface area contributed by atoms with Gasteiger partial charge in [-0.15, -0.1) is 0 Å². The standard InChI is InChI=1S/C18H23NO3/c1-12(2)19-17(10-7-15(11-20)18(19)21)14-5-8-16(9-6-14)22-13(3)4/h5-10,12-13,20H,11H2,1-4H3. The molecular weight excluding hydrogens is 278 g/mol. The molecule has 0 aliphatic rings. The molecule has 4 nitrogen and oxygen atoms in total. The molecule has 0 unspecified atom stereocenters. The molecule has 0 aliphatic heterocycles. The highest BCUT2D eigenvalue weighted by molar-refractivity contribution is 5.61. The molecule has 0 atom stereocenters. The van der Waals surface area contributed by atoms with Crippen LogP contribution in [0.3, 0.4) is 0 Å². The second kappa shape index (κ2) is 6.79. The average Bonchev–Trinajstić information content (AvgIpc) is 2.46. The van der Waals surface area contributed by atoms with Crippen molar-refractivity contribution in [2.75, 3.05) is 0 Å². The minimum absolute atomic E-state index is 0.0144. The summed E-state index contributed by atoms with van der Waals surface area (Å²) in [5.41, 5.74) is 2.06. The zero-order valence-corrected chi connectivity index (χ0v) is 13.5. The molecular formula is C18H23NO3. The minimum atomic E-state index is -0.243. The van der Waals surface area contributed by atoms with Gasteiger partial charge in [-0.1, -0.05) is 0 Å². The highest BCUT2D eigenvalue weighted by Crippen LogP contribution is 2.24. The molecule has 0 saturated heterocycles. The number of hydrogen-bond donors (Lipinski definition) is 1. The summed E-state index contributed by atoms with van der Waals surface area (Å²) < 4.78 is 7.35. The molecule has 1 N–H and O–H groups in total. The van der Waals surface area contributed by atoms with Gasteiger partial charge in [-0.3, -0.25) is 4.79 Å². The van der Waals surface area contributed by atoms with E-state index in [0.29, 0.717) is 5.56 Å². The fourth-order valence-corrected chi connectivity index (χ4v) is 2.44. The Morgan fingerprint density at radius 1 is 1.05 bits per heavy atom. The summed E-state index contributed by atoms with van der Waals surface area (Å²) in [6.07, 6.45) is 0.128. The maximum absolute atomic E-state index is 12.4. The van der Waals surface area contributed by atoms with Gasteiger partial charge in [0.2, 0.25) is 0 Å². The van der Waals surface area contributed by atoms with Gasteiger partial charge in [-0.2, -0.15) is 0 Å². The summed E-state index contributed by atoms with van der Waals surface area (Å²) >= 11 is 0. The molecule has 4 heteroatoms. The van der Waals surface area contributed by atoms with E-state index in [9.17, 15) is 9.90 Å². The number of hydrogen-bond acceptors (Lipinski definition) is 3. The van der Waals surface area contributed by atoms with Gasteiger partial charge in [0.25, 0.3) is 5.56 Å². The van der Waals surface area contributed by atoms with Crippen molar-refractivity contribution in [3.8, 4) is 17.0 Å². The molecule has 0 aliphatic carbocycles. The maximum Gasteiger partial charge on any atom is 0.256 e. The summed E-state index contributed by atoms with van der Waals surface area (Å²) in [4.78, 5) is 12.4. The van der Waals surface area contributed by atoms with Gasteiger partial charge in [0.15, 0.2) is 0 Å². The van der Waals surface area contributed by atoms with Gasteiger partial charge < -0.3 is 14.4 Å². The third kappa shape index (κ3) is 3.39. The molecule has 1 heterocycles. The van der Waals surface area contributed by atoms with Crippen LogP contribution in [0.1, 0.15) is 39.3 Å². The lowest BCUT2D eigenvalue weighted by Gasteiger charge is -2.18. The molecule has 0 saturated carbocycles. The van der Waals surface area contributed by atoms with Crippen LogP contribution in [0.2, 0.25) is 0 Å². The summed E-state index contributed by atoms with van der Waals surface area (Å²) in [6, 6.07) is 11.3. The lowest BCUT2D eigenvalue weighted by molar-refractivity contribution is 0.242. The molecule has 118 valence electrons. The zero-order chi connectivity index (χ0) is 16.3. The Hall–Kier alpha value is -2.07. The predicted octanol–water partition coefficient (Wildman–Crippen LogP) is 3.38. The first-order chi connectivity index (χ1) is 10.4. The number of aliphatic hydroxyl groups excluding tert-OH is 1. The van der Waals surface area contributed by atoms with Crippen molar-refractivity contribution in [1.82, 2.24) is 4.57 Å². The Kier molecular flexibility index (Phi) is 5.03. The predicted molar refractivity (Wildman–Crippen MR) is 88.2 cm³/mol. The molecule has 2 rings (SSSR count). The monoisotopic (exact) mass is 301 g/mol. The SMILES string of the molecule is CC(C)Oc1ccc(-c2ccc(CO)c(=O)n2C(C)C)cc1. The third-order valence-corrected chi connectivity index (χ3v) is 3.40. The van der Waals surface area contributed by atoms with Crippen LogP contribution in [0.25, 0.3) is 11.3 Å². The lowest BCUT2D eigenvalue weighted by Crippen LogP contribution is -2.26. The molecule has 1 aromatic heterocycles. The van der Waals surface area contributed by atoms with Crippen molar-refractivity contribution in [2.45, 2.75) is 46.4 Å². The summed E-state index contributed by atoms with van der Waals surface area (Å²) in [5.74, 6) is 0.809. The quantitative estimate of drug-likeness (QED) is 0.921. The Bertz CT molecular complexity index is 684. The first-order valence-corrected chi connectivity index (χ1v) is 7.56. The van der Waals surface area contributed by atoms with Gasteiger partial charge in [-0.05, 0) is 69.7 Å². The molecule has 22 heavy (non-hydrogen) atoms. The Balaban J connectivity index is 2.48. The van der Waals surface area contributed by atoms with Gasteiger partial charge in [-0.25, -0.2) is 0 Å². The second-order valence-corrected chi connectivity index (χ2v) is 5.86. The summed E-state index contributed by atoms with van der Waals surface area (Å²) in [5, 5.41) is 9.28. The Morgan fingerprint density at radius 2 is 1.68 bits per heavy atom. The van der Waals surface area contributed by atoms with Gasteiger partial charge in [0.1, 0.15) is 5.75 Å². The van der Waals surface area contributed by atoms with Crippen molar-refractivity contribution in [1.29, 1.82) is 0 Å². The first-order valence-electron chi connectivity index (χ1n) is 7.56. The van der Waals surface area contributed by atoms with Gasteiger partial charge >= 0.3 is 0 Å². The van der Waals surface area contributed by atoms with Crippen LogP contribution in [0.5, 0.6) is 5.75 Å². The van der Waals surface area contributed by atoms with E-state index in [2.05, 4.69) is 0 Å². The normalized spacial score (nSPS) is 11.2. The van der Waals surface area contributed by atoms with Gasteiger partial charge in [0.05, 0.1) is 18.4 Å². The van der Waals surface area contributed by atoms with E-state index in [1.165, 1.54) is 0 Å². The molecule has 2 aromatic rings. The van der Waals surface area contributed by atoms with Crippen LogP contribution < -0.4 is 10.3 Å². The number of pyridine rings is 1. The van der Waals surface area contributed by atoms with Crippen molar-refractivity contribution in [2.24, 2.45) is 0 Å². The largest absolute Gasteiger partial charge is 0.491 e. The zero-order valence-electron chi connectivity index (χ0n) is 13.5. The molecule has 0 amide bonds. The van der Waals surface area contributed by atoms with Crippen molar-refractivity contribution in [3.63, 3.8) is 0 Å². The number of nitrogens with zero attached hydrogens (tertiary/aromatic N) is 1. The van der Waals surface area contributed by atoms with Crippen LogP contribution in [-0.4, -0.2) is 15.8 Å². The number of ether oxygens (including phenoxy) is 1. The van der Waals surface area contributed by atoms with Gasteiger partial charge in [0, 0.05) is 11.6 Å². The van der Waals surface area contributed by atoms with Crippen LogP contribution in [0.15, 0.2) is 41.2 Å². The average molecular weight is 301 g/mol. The van der Waals surface area contributed by atoms with E-state index in [-0.39, 0.29) is 24.3 Å². The Labute approximate surface area is 131 Å². The van der Waals surface area contributed by atoms with E-state index in [0.717, 1.165) is 17.0 Å². The first kappa shape index (κ1) is 16.3. The number of benzene rings is 1. The molecule has 0 spiro atoms. The molecule has 0 fully saturated rings. The fraction of sp³-hybridized carbons (Fsp3) is 0.389. The second-order valence-electron chi connectivity index (χ2n) is 5.86.